The van der Waals surface area contributed by atoms with Crippen LogP contribution in [0.5, 0.6) is 0 Å². The van der Waals surface area contributed by atoms with E-state index in [2.05, 4.69) is 5.32 Å². The predicted octanol–water partition coefficient (Wildman–Crippen LogP) is 1.58. The number of anilines is 2. The molecule has 1 heterocycles. The molecule has 2 aromatic rings. The molecule has 0 atom stereocenters. The van der Waals surface area contributed by atoms with Crippen LogP contribution in [0, 0.1) is 12.7 Å². The highest BCUT2D eigenvalue weighted by Crippen LogP contribution is 2.16. The number of carbonyl (C=O) groups excluding carboxylic acids is 1. The summed E-state index contributed by atoms with van der Waals surface area (Å²) in [6.07, 6.45) is 0. The van der Waals surface area contributed by atoms with Gasteiger partial charge in [0, 0.05) is 16.8 Å². The van der Waals surface area contributed by atoms with Crippen LogP contribution in [-0.4, -0.2) is 10.5 Å². The smallest absolute Gasteiger partial charge is 0.307 e. The second-order valence-electron chi connectivity index (χ2n) is 4.01. The van der Waals surface area contributed by atoms with Gasteiger partial charge < -0.3 is 11.1 Å². The monoisotopic (exact) mass is 281 g/mol. The van der Waals surface area contributed by atoms with E-state index in [1.54, 1.807) is 12.3 Å². The Kier molecular flexibility index (Phi) is 3.66. The van der Waals surface area contributed by atoms with Crippen molar-refractivity contribution in [3.8, 4) is 0 Å². The summed E-state index contributed by atoms with van der Waals surface area (Å²) in [6.45, 7) is 1.67. The Morgan fingerprint density at radius 1 is 1.53 bits per heavy atom. The lowest BCUT2D eigenvalue weighted by Gasteiger charge is -2.07. The van der Waals surface area contributed by atoms with Gasteiger partial charge in [-0.2, -0.15) is 0 Å². The van der Waals surface area contributed by atoms with Crippen LogP contribution < -0.4 is 15.9 Å². The largest absolute Gasteiger partial charge is 0.396 e. The molecule has 19 heavy (non-hydrogen) atoms. The second-order valence-corrected chi connectivity index (χ2v) is 4.83. The van der Waals surface area contributed by atoms with E-state index >= 15 is 0 Å². The van der Waals surface area contributed by atoms with Crippen molar-refractivity contribution in [2.75, 3.05) is 11.1 Å². The molecule has 0 saturated carbocycles. The van der Waals surface area contributed by atoms with Crippen LogP contribution in [0.25, 0.3) is 0 Å². The van der Waals surface area contributed by atoms with Crippen LogP contribution >= 0.6 is 11.3 Å². The van der Waals surface area contributed by atoms with Crippen molar-refractivity contribution in [3.63, 3.8) is 0 Å². The lowest BCUT2D eigenvalue weighted by Crippen LogP contribution is -2.25. The van der Waals surface area contributed by atoms with Gasteiger partial charge in [0.25, 0.3) is 0 Å². The zero-order valence-corrected chi connectivity index (χ0v) is 11.0. The van der Waals surface area contributed by atoms with Gasteiger partial charge in [-0.1, -0.05) is 11.3 Å². The molecule has 1 aromatic heterocycles. The number of aryl methyl sites for hydroxylation is 1. The molecule has 0 radical (unpaired) electrons. The third kappa shape index (κ3) is 3.00. The van der Waals surface area contributed by atoms with Crippen molar-refractivity contribution in [3.05, 3.63) is 44.8 Å². The highest BCUT2D eigenvalue weighted by Gasteiger charge is 2.09. The number of nitrogens with zero attached hydrogens (tertiary/aromatic N) is 1. The summed E-state index contributed by atoms with van der Waals surface area (Å²) in [5.74, 6) is -0.905. The van der Waals surface area contributed by atoms with Crippen molar-refractivity contribution in [2.24, 2.45) is 0 Å². The van der Waals surface area contributed by atoms with E-state index in [-0.39, 0.29) is 23.0 Å². The van der Waals surface area contributed by atoms with Gasteiger partial charge in [0.05, 0.1) is 5.69 Å². The van der Waals surface area contributed by atoms with Crippen LogP contribution in [0.4, 0.5) is 15.8 Å². The molecule has 0 unspecified atom stereocenters. The van der Waals surface area contributed by atoms with E-state index < -0.39 is 5.82 Å². The fourth-order valence-corrected chi connectivity index (χ4v) is 2.30. The first-order chi connectivity index (χ1) is 8.97. The molecule has 0 spiro atoms. The maximum atomic E-state index is 13.0. The highest BCUT2D eigenvalue weighted by molar-refractivity contribution is 7.07. The number of hydrogen-bond donors (Lipinski definition) is 2. The number of carbonyl (C=O) groups is 1. The zero-order valence-electron chi connectivity index (χ0n) is 10.1. The quantitative estimate of drug-likeness (QED) is 0.838. The second kappa shape index (κ2) is 5.23. The van der Waals surface area contributed by atoms with Gasteiger partial charge in [-0.05, 0) is 25.1 Å². The summed E-state index contributed by atoms with van der Waals surface area (Å²) in [4.78, 5) is 23.0. The fourth-order valence-electron chi connectivity index (χ4n) is 1.56. The number of halogens is 1. The van der Waals surface area contributed by atoms with Crippen molar-refractivity contribution >= 4 is 28.6 Å². The lowest BCUT2D eigenvalue weighted by molar-refractivity contribution is -0.116. The molecule has 0 fully saturated rings. The van der Waals surface area contributed by atoms with Crippen molar-refractivity contribution in [2.45, 2.75) is 13.5 Å². The Balaban J connectivity index is 2.09. The number of hydrogen-bond acceptors (Lipinski definition) is 4. The van der Waals surface area contributed by atoms with E-state index in [1.165, 1.54) is 22.8 Å². The molecule has 3 N–H and O–H groups in total. The minimum atomic E-state index is -0.539. The third-order valence-corrected chi connectivity index (χ3v) is 3.44. The first-order valence-electron chi connectivity index (χ1n) is 5.47. The Morgan fingerprint density at radius 3 is 2.84 bits per heavy atom. The van der Waals surface area contributed by atoms with Crippen LogP contribution in [0.1, 0.15) is 5.69 Å². The molecular weight excluding hydrogens is 269 g/mol. The van der Waals surface area contributed by atoms with Crippen LogP contribution in [0.15, 0.2) is 28.4 Å². The normalized spacial score (nSPS) is 10.4. The summed E-state index contributed by atoms with van der Waals surface area (Å²) in [7, 11) is 0. The topological polar surface area (TPSA) is 77.1 Å². The molecule has 0 aliphatic rings. The Labute approximate surface area is 112 Å². The molecule has 7 heteroatoms. The number of amides is 1. The summed E-state index contributed by atoms with van der Waals surface area (Å²) in [5.41, 5.74) is 6.48. The third-order valence-electron chi connectivity index (χ3n) is 2.56. The summed E-state index contributed by atoms with van der Waals surface area (Å²) in [5, 5.41) is 4.25. The SMILES string of the molecule is Cc1csc(=O)n1CC(=O)Nc1ccc(F)c(N)c1. The molecule has 100 valence electrons. The van der Waals surface area contributed by atoms with Gasteiger partial charge in [0.15, 0.2) is 0 Å². The number of rotatable bonds is 3. The van der Waals surface area contributed by atoms with E-state index in [4.69, 9.17) is 5.73 Å². The highest BCUT2D eigenvalue weighted by atomic mass is 32.1. The summed E-state index contributed by atoms with van der Waals surface area (Å²) < 4.78 is 14.3. The molecule has 0 aliphatic carbocycles. The Bertz CT molecular complexity index is 678. The number of aromatic nitrogens is 1. The van der Waals surface area contributed by atoms with Crippen LogP contribution in [0.3, 0.4) is 0 Å². The lowest BCUT2D eigenvalue weighted by atomic mass is 10.2. The van der Waals surface area contributed by atoms with Gasteiger partial charge in [0.2, 0.25) is 5.91 Å². The summed E-state index contributed by atoms with van der Waals surface area (Å²) in [6, 6.07) is 3.91. The number of thiazole rings is 1. The van der Waals surface area contributed by atoms with Crippen molar-refractivity contribution in [1.29, 1.82) is 0 Å². The first-order valence-corrected chi connectivity index (χ1v) is 6.35. The Hall–Kier alpha value is -2.15. The molecule has 5 nitrogen and oxygen atoms in total. The van der Waals surface area contributed by atoms with Gasteiger partial charge >= 0.3 is 4.87 Å². The fraction of sp³-hybridized carbons (Fsp3) is 0.167. The zero-order chi connectivity index (χ0) is 14.0. The van der Waals surface area contributed by atoms with E-state index in [9.17, 15) is 14.0 Å². The van der Waals surface area contributed by atoms with Crippen molar-refractivity contribution < 1.29 is 9.18 Å². The average Bonchev–Trinajstić information content (AvgIpc) is 2.66. The maximum Gasteiger partial charge on any atom is 0.307 e. The van der Waals surface area contributed by atoms with Gasteiger partial charge in [-0.15, -0.1) is 0 Å². The van der Waals surface area contributed by atoms with E-state index in [0.29, 0.717) is 5.69 Å². The average molecular weight is 281 g/mol. The van der Waals surface area contributed by atoms with Gasteiger partial charge in [-0.25, -0.2) is 4.39 Å². The molecule has 1 amide bonds. The number of benzene rings is 1. The number of nitrogen functional groups attached to an aromatic ring is 1. The minimum Gasteiger partial charge on any atom is -0.396 e. The Morgan fingerprint density at radius 2 is 2.26 bits per heavy atom. The van der Waals surface area contributed by atoms with Crippen molar-refractivity contribution in [1.82, 2.24) is 4.57 Å². The van der Waals surface area contributed by atoms with E-state index in [0.717, 1.165) is 17.0 Å². The minimum absolute atomic E-state index is 0.0401. The van der Waals surface area contributed by atoms with Gasteiger partial charge in [-0.3, -0.25) is 14.2 Å². The predicted molar refractivity (Wildman–Crippen MR) is 72.8 cm³/mol. The molecule has 0 bridgehead atoms. The standard InChI is InChI=1S/C12H12FN3O2S/c1-7-6-19-12(18)16(7)5-11(17)15-8-2-3-9(13)10(14)4-8/h2-4,6H,5,14H2,1H3,(H,15,17). The number of nitrogens with one attached hydrogen (secondary N) is 1. The van der Waals surface area contributed by atoms with Gasteiger partial charge in [0.1, 0.15) is 12.4 Å². The molecule has 1 aromatic carbocycles. The molecule has 0 saturated heterocycles. The van der Waals surface area contributed by atoms with Crippen LogP contribution in [-0.2, 0) is 11.3 Å². The molecule has 0 aliphatic heterocycles. The van der Waals surface area contributed by atoms with E-state index in [1.807, 2.05) is 0 Å². The first kappa shape index (κ1) is 13.3. The van der Waals surface area contributed by atoms with Crippen LogP contribution in [0.2, 0.25) is 0 Å². The molecule has 2 rings (SSSR count). The maximum absolute atomic E-state index is 13.0. The molecular formula is C12H12FN3O2S. The number of nitrogens with two attached hydrogens (primary N) is 1. The summed E-state index contributed by atoms with van der Waals surface area (Å²) >= 11 is 1.04.